The van der Waals surface area contributed by atoms with Gasteiger partial charge in [0, 0.05) is 24.2 Å². The van der Waals surface area contributed by atoms with E-state index in [1.54, 1.807) is 13.2 Å². The summed E-state index contributed by atoms with van der Waals surface area (Å²) in [7, 11) is 1.68. The summed E-state index contributed by atoms with van der Waals surface area (Å²) in [4.78, 5) is 12.4. The summed E-state index contributed by atoms with van der Waals surface area (Å²) < 4.78 is 7.39. The number of nitrogens with one attached hydrogen (secondary N) is 1. The lowest BCUT2D eigenvalue weighted by molar-refractivity contribution is -0.112. The Balaban J connectivity index is 2.28. The zero-order valence-corrected chi connectivity index (χ0v) is 16.0. The van der Waals surface area contributed by atoms with Crippen LogP contribution < -0.4 is 5.32 Å². The van der Waals surface area contributed by atoms with Crippen LogP contribution >= 0.6 is 0 Å². The van der Waals surface area contributed by atoms with Crippen molar-refractivity contribution in [1.29, 1.82) is 5.26 Å². The molecule has 2 aromatic rings. The van der Waals surface area contributed by atoms with Gasteiger partial charge >= 0.3 is 0 Å². The minimum absolute atomic E-state index is 0.0743. The van der Waals surface area contributed by atoms with Crippen LogP contribution in [0.5, 0.6) is 0 Å². The van der Waals surface area contributed by atoms with Crippen molar-refractivity contribution < 1.29 is 9.53 Å². The highest BCUT2D eigenvalue weighted by molar-refractivity contribution is 6.09. The van der Waals surface area contributed by atoms with E-state index in [0.29, 0.717) is 12.3 Å². The van der Waals surface area contributed by atoms with Gasteiger partial charge in [-0.15, -0.1) is 0 Å². The average molecular weight is 351 g/mol. The Morgan fingerprint density at radius 1 is 1.31 bits per heavy atom. The van der Waals surface area contributed by atoms with E-state index in [9.17, 15) is 10.1 Å². The molecule has 1 heterocycles. The van der Waals surface area contributed by atoms with E-state index in [0.717, 1.165) is 22.5 Å². The first-order valence-corrected chi connectivity index (χ1v) is 8.54. The van der Waals surface area contributed by atoms with Crippen molar-refractivity contribution in [1.82, 2.24) is 4.57 Å². The number of anilines is 1. The first-order chi connectivity index (χ1) is 12.4. The number of methoxy groups -OCH3 is 1. The number of hydrogen-bond donors (Lipinski definition) is 1. The summed E-state index contributed by atoms with van der Waals surface area (Å²) in [6.45, 7) is 8.64. The molecule has 5 nitrogen and oxygen atoms in total. The highest BCUT2D eigenvalue weighted by Gasteiger charge is 2.16. The van der Waals surface area contributed by atoms with Crippen LogP contribution in [0, 0.1) is 32.1 Å². The molecular weight excluding hydrogens is 326 g/mol. The second-order valence-corrected chi connectivity index (χ2v) is 6.49. The molecule has 136 valence electrons. The summed E-state index contributed by atoms with van der Waals surface area (Å²) in [6.07, 6.45) is 1.64. The first-order valence-electron chi connectivity index (χ1n) is 8.54. The maximum Gasteiger partial charge on any atom is 0.266 e. The molecule has 0 aliphatic heterocycles. The third kappa shape index (κ3) is 4.41. The van der Waals surface area contributed by atoms with Gasteiger partial charge in [0.15, 0.2) is 0 Å². The van der Waals surface area contributed by atoms with E-state index >= 15 is 0 Å². The number of rotatable bonds is 6. The molecule has 1 atom stereocenters. The van der Waals surface area contributed by atoms with Crippen molar-refractivity contribution in [3.63, 3.8) is 0 Å². The number of hydrogen-bond acceptors (Lipinski definition) is 3. The summed E-state index contributed by atoms with van der Waals surface area (Å²) in [5.41, 5.74) is 4.78. The van der Waals surface area contributed by atoms with Crippen molar-refractivity contribution >= 4 is 17.7 Å². The molecule has 5 heteroatoms. The molecular formula is C21H25N3O2. The second kappa shape index (κ2) is 8.50. The molecule has 2 rings (SSSR count). The van der Waals surface area contributed by atoms with E-state index in [-0.39, 0.29) is 11.6 Å². The Morgan fingerprint density at radius 3 is 2.54 bits per heavy atom. The third-order valence-electron chi connectivity index (χ3n) is 4.35. The number of carbonyl (C=O) groups excluding carboxylic acids is 1. The molecule has 26 heavy (non-hydrogen) atoms. The van der Waals surface area contributed by atoms with Gasteiger partial charge in [0.25, 0.3) is 5.91 Å². The van der Waals surface area contributed by atoms with Gasteiger partial charge in [0.2, 0.25) is 0 Å². The second-order valence-electron chi connectivity index (χ2n) is 6.49. The largest absolute Gasteiger partial charge is 0.383 e. The normalized spacial score (nSPS) is 12.5. The lowest BCUT2D eigenvalue weighted by Gasteiger charge is -2.17. The number of ether oxygens (including phenoxy) is 1. The fourth-order valence-electron chi connectivity index (χ4n) is 3.08. The van der Waals surface area contributed by atoms with Gasteiger partial charge in [-0.1, -0.05) is 17.7 Å². The highest BCUT2D eigenvalue weighted by atomic mass is 16.5. The third-order valence-corrected chi connectivity index (χ3v) is 4.35. The fraction of sp³-hybridized carbons (Fsp3) is 0.333. The summed E-state index contributed by atoms with van der Waals surface area (Å²) in [5, 5.41) is 12.2. The predicted molar refractivity (Wildman–Crippen MR) is 104 cm³/mol. The van der Waals surface area contributed by atoms with E-state index in [4.69, 9.17) is 4.74 Å². The number of aryl methyl sites for hydroxylation is 2. The van der Waals surface area contributed by atoms with Crippen LogP contribution in [-0.4, -0.2) is 24.2 Å². The topological polar surface area (TPSA) is 67.0 Å². The van der Waals surface area contributed by atoms with Crippen LogP contribution in [0.25, 0.3) is 6.08 Å². The van der Waals surface area contributed by atoms with Gasteiger partial charge in [-0.05, 0) is 57.5 Å². The standard InChI is InChI=1S/C21H25N3O2/c1-14-6-8-20(9-7-14)23-21(25)19(12-22)11-18-10-15(2)24(17(18)4)16(3)13-26-5/h6-11,16H,13H2,1-5H3,(H,23,25)/b19-11+. The van der Waals surface area contributed by atoms with Crippen LogP contribution in [0.15, 0.2) is 35.9 Å². The number of carbonyl (C=O) groups is 1. The molecule has 0 bridgehead atoms. The van der Waals surface area contributed by atoms with Crippen molar-refractivity contribution in [2.75, 3.05) is 19.0 Å². The SMILES string of the molecule is COCC(C)n1c(C)cc(/C=C(\C#N)C(=O)Nc2ccc(C)cc2)c1C. The smallest absolute Gasteiger partial charge is 0.266 e. The lowest BCUT2D eigenvalue weighted by Crippen LogP contribution is -2.14. The summed E-state index contributed by atoms with van der Waals surface area (Å²) >= 11 is 0. The maximum absolute atomic E-state index is 12.4. The monoisotopic (exact) mass is 351 g/mol. The van der Waals surface area contributed by atoms with Crippen LogP contribution in [-0.2, 0) is 9.53 Å². The quantitative estimate of drug-likeness (QED) is 0.627. The van der Waals surface area contributed by atoms with Crippen LogP contribution in [0.2, 0.25) is 0 Å². The Morgan fingerprint density at radius 2 is 1.96 bits per heavy atom. The molecule has 0 fully saturated rings. The minimum atomic E-state index is -0.411. The number of benzene rings is 1. The lowest BCUT2D eigenvalue weighted by atomic mass is 10.1. The summed E-state index contributed by atoms with van der Waals surface area (Å²) in [6, 6.07) is 11.6. The van der Waals surface area contributed by atoms with Crippen molar-refractivity contribution in [3.8, 4) is 6.07 Å². The van der Waals surface area contributed by atoms with E-state index < -0.39 is 5.91 Å². The van der Waals surface area contributed by atoms with Gasteiger partial charge in [0.1, 0.15) is 11.6 Å². The molecule has 1 N–H and O–H groups in total. The number of amides is 1. The van der Waals surface area contributed by atoms with Gasteiger partial charge in [-0.3, -0.25) is 4.79 Å². The zero-order chi connectivity index (χ0) is 19.3. The van der Waals surface area contributed by atoms with Crippen LogP contribution in [0.1, 0.15) is 35.5 Å². The van der Waals surface area contributed by atoms with Gasteiger partial charge in [-0.25, -0.2) is 0 Å². The first kappa shape index (κ1) is 19.5. The number of nitriles is 1. The Hall–Kier alpha value is -2.84. The average Bonchev–Trinajstić information content (AvgIpc) is 2.88. The Labute approximate surface area is 154 Å². The molecule has 1 amide bonds. The fourth-order valence-corrected chi connectivity index (χ4v) is 3.08. The predicted octanol–water partition coefficient (Wildman–Crippen LogP) is 4.17. The molecule has 0 saturated heterocycles. The molecule has 1 aromatic carbocycles. The van der Waals surface area contributed by atoms with Crippen molar-refractivity contribution in [3.05, 3.63) is 58.4 Å². The maximum atomic E-state index is 12.4. The molecule has 0 aliphatic rings. The molecule has 1 aromatic heterocycles. The number of nitrogens with zero attached hydrogens (tertiary/aromatic N) is 2. The highest BCUT2D eigenvalue weighted by Crippen LogP contribution is 2.23. The number of aromatic nitrogens is 1. The van der Waals surface area contributed by atoms with Crippen LogP contribution in [0.3, 0.4) is 0 Å². The van der Waals surface area contributed by atoms with E-state index in [1.165, 1.54) is 0 Å². The molecule has 0 radical (unpaired) electrons. The van der Waals surface area contributed by atoms with Crippen molar-refractivity contribution in [2.45, 2.75) is 33.7 Å². The van der Waals surface area contributed by atoms with Gasteiger partial charge in [-0.2, -0.15) is 5.26 Å². The van der Waals surface area contributed by atoms with Crippen molar-refractivity contribution in [2.24, 2.45) is 0 Å². The van der Waals surface area contributed by atoms with E-state index in [1.807, 2.05) is 57.2 Å². The molecule has 0 aliphatic carbocycles. The Kier molecular flexibility index (Phi) is 6.37. The van der Waals surface area contributed by atoms with Gasteiger partial charge in [0.05, 0.1) is 12.6 Å². The van der Waals surface area contributed by atoms with E-state index in [2.05, 4.69) is 16.8 Å². The Bertz CT molecular complexity index is 855. The molecule has 0 saturated carbocycles. The summed E-state index contributed by atoms with van der Waals surface area (Å²) in [5.74, 6) is -0.411. The molecule has 0 spiro atoms. The zero-order valence-electron chi connectivity index (χ0n) is 16.0. The minimum Gasteiger partial charge on any atom is -0.383 e. The molecule has 1 unspecified atom stereocenters. The van der Waals surface area contributed by atoms with Crippen LogP contribution in [0.4, 0.5) is 5.69 Å². The van der Waals surface area contributed by atoms with Gasteiger partial charge < -0.3 is 14.6 Å².